The third-order valence-corrected chi connectivity index (χ3v) is 3.28. The quantitative estimate of drug-likeness (QED) is 0.486. The predicted molar refractivity (Wildman–Crippen MR) is 87.2 cm³/mol. The van der Waals surface area contributed by atoms with E-state index in [1.165, 1.54) is 19.3 Å². The zero-order valence-electron chi connectivity index (χ0n) is 10.8. The maximum atomic E-state index is 8.80. The van der Waals surface area contributed by atoms with Crippen LogP contribution < -0.4 is 11.1 Å². The van der Waals surface area contributed by atoms with Crippen LogP contribution in [-0.4, -0.2) is 12.5 Å². The van der Waals surface area contributed by atoms with Gasteiger partial charge in [-0.25, -0.2) is 4.99 Å². The van der Waals surface area contributed by atoms with E-state index >= 15 is 0 Å². The van der Waals surface area contributed by atoms with Crippen molar-refractivity contribution >= 4 is 29.9 Å². The fraction of sp³-hybridized carbons (Fsp3) is 0.429. The van der Waals surface area contributed by atoms with Gasteiger partial charge >= 0.3 is 0 Å². The molecule has 2 rings (SSSR count). The van der Waals surface area contributed by atoms with Gasteiger partial charge < -0.3 is 11.1 Å². The first-order chi connectivity index (χ1) is 8.78. The number of nitrogens with two attached hydrogens (primary N) is 1. The summed E-state index contributed by atoms with van der Waals surface area (Å²) in [6.45, 7) is 1.44. The Balaban J connectivity index is 0.00000180. The van der Waals surface area contributed by atoms with Crippen LogP contribution in [-0.2, 0) is 6.54 Å². The molecule has 1 aromatic carbocycles. The van der Waals surface area contributed by atoms with Crippen molar-refractivity contribution in [3.8, 4) is 6.07 Å². The summed E-state index contributed by atoms with van der Waals surface area (Å²) in [7, 11) is 0. The lowest BCUT2D eigenvalue weighted by atomic mass is 9.85. The van der Waals surface area contributed by atoms with Crippen molar-refractivity contribution in [2.24, 2.45) is 16.6 Å². The normalized spacial score (nSPS) is 15.0. The van der Waals surface area contributed by atoms with E-state index in [2.05, 4.69) is 16.4 Å². The molecule has 0 heterocycles. The molecule has 5 heteroatoms. The largest absolute Gasteiger partial charge is 0.370 e. The van der Waals surface area contributed by atoms with Crippen LogP contribution in [0.15, 0.2) is 29.3 Å². The number of nitriles is 1. The molecule has 1 aromatic rings. The number of guanidine groups is 1. The molecule has 0 aliphatic heterocycles. The fourth-order valence-corrected chi connectivity index (χ4v) is 1.92. The molecule has 0 aromatic heterocycles. The van der Waals surface area contributed by atoms with Gasteiger partial charge in [0.05, 0.1) is 18.2 Å². The maximum absolute atomic E-state index is 8.80. The number of nitrogens with one attached hydrogen (secondary N) is 1. The van der Waals surface area contributed by atoms with Crippen LogP contribution in [0.25, 0.3) is 0 Å². The molecular formula is C14H19IN4. The van der Waals surface area contributed by atoms with Crippen LogP contribution in [0.4, 0.5) is 0 Å². The minimum Gasteiger partial charge on any atom is -0.370 e. The second-order valence-electron chi connectivity index (χ2n) is 4.69. The average Bonchev–Trinajstić information content (AvgIpc) is 2.35. The average molecular weight is 370 g/mol. The predicted octanol–water partition coefficient (Wildman–Crippen LogP) is 2.38. The maximum Gasteiger partial charge on any atom is 0.188 e. The molecular weight excluding hydrogens is 351 g/mol. The highest BCUT2D eigenvalue weighted by Crippen LogP contribution is 2.24. The van der Waals surface area contributed by atoms with Gasteiger partial charge in [-0.05, 0) is 36.5 Å². The van der Waals surface area contributed by atoms with E-state index in [0.717, 1.165) is 18.0 Å². The topological polar surface area (TPSA) is 74.2 Å². The monoisotopic (exact) mass is 370 g/mol. The molecule has 1 fully saturated rings. The Morgan fingerprint density at radius 1 is 1.47 bits per heavy atom. The Kier molecular flexibility index (Phi) is 6.64. The highest BCUT2D eigenvalue weighted by Gasteiger charge is 2.16. The third-order valence-electron chi connectivity index (χ3n) is 3.28. The van der Waals surface area contributed by atoms with Gasteiger partial charge in [-0.1, -0.05) is 18.6 Å². The van der Waals surface area contributed by atoms with Gasteiger partial charge in [0.1, 0.15) is 0 Å². The van der Waals surface area contributed by atoms with Crippen molar-refractivity contribution in [3.05, 3.63) is 35.4 Å². The van der Waals surface area contributed by atoms with Crippen molar-refractivity contribution in [2.45, 2.75) is 25.8 Å². The number of nitrogens with zero attached hydrogens (tertiary/aromatic N) is 2. The number of hydrogen-bond donors (Lipinski definition) is 2. The van der Waals surface area contributed by atoms with E-state index in [1.54, 1.807) is 6.07 Å². The fourth-order valence-electron chi connectivity index (χ4n) is 1.92. The summed E-state index contributed by atoms with van der Waals surface area (Å²) in [4.78, 5) is 4.27. The van der Waals surface area contributed by atoms with Crippen LogP contribution in [0.1, 0.15) is 30.4 Å². The number of aliphatic imine (C=N–C) groups is 1. The Morgan fingerprint density at radius 3 is 2.89 bits per heavy atom. The van der Waals surface area contributed by atoms with E-state index in [0.29, 0.717) is 18.1 Å². The molecule has 0 atom stereocenters. The van der Waals surface area contributed by atoms with Crippen LogP contribution in [0, 0.1) is 17.2 Å². The van der Waals surface area contributed by atoms with Crippen LogP contribution >= 0.6 is 24.0 Å². The number of rotatable bonds is 4. The summed E-state index contributed by atoms with van der Waals surface area (Å²) in [5.41, 5.74) is 7.45. The second-order valence-corrected chi connectivity index (χ2v) is 4.69. The van der Waals surface area contributed by atoms with Crippen LogP contribution in [0.3, 0.4) is 0 Å². The first kappa shape index (κ1) is 15.8. The summed E-state index contributed by atoms with van der Waals surface area (Å²) in [6.07, 6.45) is 3.93. The van der Waals surface area contributed by atoms with Crippen LogP contribution in [0.5, 0.6) is 0 Å². The third kappa shape index (κ3) is 5.07. The van der Waals surface area contributed by atoms with Crippen LogP contribution in [0.2, 0.25) is 0 Å². The van der Waals surface area contributed by atoms with Crippen molar-refractivity contribution in [1.29, 1.82) is 5.26 Å². The summed E-state index contributed by atoms with van der Waals surface area (Å²) in [5, 5.41) is 11.9. The smallest absolute Gasteiger partial charge is 0.188 e. The molecule has 1 saturated carbocycles. The summed E-state index contributed by atoms with van der Waals surface area (Å²) < 4.78 is 0. The highest BCUT2D eigenvalue weighted by atomic mass is 127. The molecule has 0 saturated heterocycles. The van der Waals surface area contributed by atoms with Crippen molar-refractivity contribution in [1.82, 2.24) is 5.32 Å². The summed E-state index contributed by atoms with van der Waals surface area (Å²) in [5.74, 6) is 1.25. The van der Waals surface area contributed by atoms with Gasteiger partial charge in [0, 0.05) is 6.54 Å². The Bertz CT molecular complexity index is 475. The lowest BCUT2D eigenvalue weighted by Gasteiger charge is -2.25. The second kappa shape index (κ2) is 8.00. The molecule has 0 bridgehead atoms. The minimum absolute atomic E-state index is 0. The van der Waals surface area contributed by atoms with E-state index in [-0.39, 0.29) is 24.0 Å². The van der Waals surface area contributed by atoms with Gasteiger partial charge in [0.25, 0.3) is 0 Å². The zero-order valence-corrected chi connectivity index (χ0v) is 13.1. The molecule has 1 aliphatic carbocycles. The van der Waals surface area contributed by atoms with Crippen molar-refractivity contribution in [3.63, 3.8) is 0 Å². The van der Waals surface area contributed by atoms with Crippen molar-refractivity contribution in [2.75, 3.05) is 6.54 Å². The van der Waals surface area contributed by atoms with Gasteiger partial charge in [0.15, 0.2) is 5.96 Å². The molecule has 0 unspecified atom stereocenters. The Morgan fingerprint density at radius 2 is 2.26 bits per heavy atom. The van der Waals surface area contributed by atoms with Gasteiger partial charge in [-0.15, -0.1) is 24.0 Å². The Hall–Kier alpha value is -1.29. The van der Waals surface area contributed by atoms with E-state index < -0.39 is 0 Å². The summed E-state index contributed by atoms with van der Waals surface area (Å²) >= 11 is 0. The summed E-state index contributed by atoms with van der Waals surface area (Å²) in [6, 6.07) is 9.54. The van der Waals surface area contributed by atoms with Crippen molar-refractivity contribution < 1.29 is 0 Å². The first-order valence-electron chi connectivity index (χ1n) is 6.31. The van der Waals surface area contributed by atoms with Gasteiger partial charge in [-0.3, -0.25) is 0 Å². The van der Waals surface area contributed by atoms with Gasteiger partial charge in [0.2, 0.25) is 0 Å². The lowest BCUT2D eigenvalue weighted by Crippen LogP contribution is -2.37. The first-order valence-corrected chi connectivity index (χ1v) is 6.31. The molecule has 0 spiro atoms. The number of benzene rings is 1. The van der Waals surface area contributed by atoms with E-state index in [9.17, 15) is 0 Å². The molecule has 4 nitrogen and oxygen atoms in total. The highest BCUT2D eigenvalue weighted by molar-refractivity contribution is 14.0. The molecule has 3 N–H and O–H groups in total. The molecule has 102 valence electrons. The lowest BCUT2D eigenvalue weighted by molar-refractivity contribution is 0.315. The molecule has 1 aliphatic rings. The molecule has 0 amide bonds. The minimum atomic E-state index is 0. The number of hydrogen-bond acceptors (Lipinski definition) is 2. The van der Waals surface area contributed by atoms with Gasteiger partial charge in [-0.2, -0.15) is 5.26 Å². The standard InChI is InChI=1S/C14H18N4.HI/c15-8-12-5-2-6-13(7-12)10-18-14(16)17-9-11-3-1-4-11;/h2,5-7,11H,1,3-4,9-10H2,(H3,16,17,18);1H. The molecule has 0 radical (unpaired) electrons. The number of halogens is 1. The SMILES string of the molecule is I.N#Cc1cccc(CN=C(N)NCC2CCC2)c1. The van der Waals surface area contributed by atoms with E-state index in [1.807, 2.05) is 18.2 Å². The zero-order chi connectivity index (χ0) is 12.8. The Labute approximate surface area is 131 Å². The molecule has 19 heavy (non-hydrogen) atoms. The van der Waals surface area contributed by atoms with E-state index in [4.69, 9.17) is 11.0 Å².